The molecule has 0 saturated carbocycles. The van der Waals surface area contributed by atoms with E-state index >= 15 is 0 Å². The maximum absolute atomic E-state index is 11.5. The summed E-state index contributed by atoms with van der Waals surface area (Å²) >= 11 is 0. The van der Waals surface area contributed by atoms with Crippen LogP contribution in [0.25, 0.3) is 0 Å². The minimum Gasteiger partial charge on any atom is -0.365 e. The maximum Gasteiger partial charge on any atom is 0.185 e. The molecule has 1 heterocycles. The highest BCUT2D eigenvalue weighted by Crippen LogP contribution is 2.26. The van der Waals surface area contributed by atoms with E-state index in [1.54, 1.807) is 12.3 Å². The Kier molecular flexibility index (Phi) is 1.75. The second-order valence-corrected chi connectivity index (χ2v) is 3.53. The highest BCUT2D eigenvalue weighted by molar-refractivity contribution is 5.26. The monoisotopic (exact) mass is 163 g/mol. The molecule has 1 aromatic rings. The van der Waals surface area contributed by atoms with Crippen molar-refractivity contribution in [3.8, 4) is 0 Å². The van der Waals surface area contributed by atoms with E-state index in [4.69, 9.17) is 0 Å². The first kappa shape index (κ1) is 7.59. The first-order valence-electron chi connectivity index (χ1n) is 4.49. The topological polar surface area (TPSA) is 32.9 Å². The van der Waals surface area contributed by atoms with Crippen LogP contribution in [0.4, 0.5) is 0 Å². The fourth-order valence-electron chi connectivity index (χ4n) is 2.01. The molecule has 0 radical (unpaired) electrons. The standard InChI is InChI=1S/C10H13NO/c1-7-3-2-4-8-10(7)9(12)5-6-11-8/h5-7H,2-4H2,1H3,(H,11,12)/t7-/m0/s1. The van der Waals surface area contributed by atoms with Gasteiger partial charge in [0.2, 0.25) is 0 Å². The van der Waals surface area contributed by atoms with E-state index in [1.807, 2.05) is 0 Å². The minimum absolute atomic E-state index is 0.205. The van der Waals surface area contributed by atoms with Gasteiger partial charge in [-0.1, -0.05) is 6.92 Å². The first-order valence-corrected chi connectivity index (χ1v) is 4.49. The third-order valence-electron chi connectivity index (χ3n) is 2.64. The summed E-state index contributed by atoms with van der Waals surface area (Å²) in [5.41, 5.74) is 2.38. The molecule has 64 valence electrons. The van der Waals surface area contributed by atoms with Gasteiger partial charge in [0.15, 0.2) is 5.43 Å². The normalized spacial score (nSPS) is 21.9. The van der Waals surface area contributed by atoms with Crippen molar-refractivity contribution in [2.75, 3.05) is 0 Å². The predicted octanol–water partition coefficient (Wildman–Crippen LogP) is 1.81. The molecule has 0 bridgehead atoms. The van der Waals surface area contributed by atoms with Gasteiger partial charge in [-0.2, -0.15) is 0 Å². The number of fused-ring (bicyclic) bond motifs is 1. The Balaban J connectivity index is 2.61. The first-order chi connectivity index (χ1) is 5.79. The zero-order chi connectivity index (χ0) is 8.55. The van der Waals surface area contributed by atoms with Crippen molar-refractivity contribution in [2.24, 2.45) is 0 Å². The van der Waals surface area contributed by atoms with Gasteiger partial charge in [-0.05, 0) is 25.2 Å². The van der Waals surface area contributed by atoms with Gasteiger partial charge in [0.25, 0.3) is 0 Å². The average molecular weight is 163 g/mol. The van der Waals surface area contributed by atoms with E-state index in [2.05, 4.69) is 11.9 Å². The quantitative estimate of drug-likeness (QED) is 0.621. The number of aromatic nitrogens is 1. The van der Waals surface area contributed by atoms with Crippen molar-refractivity contribution in [1.29, 1.82) is 0 Å². The molecule has 0 spiro atoms. The van der Waals surface area contributed by atoms with E-state index in [9.17, 15) is 4.79 Å². The summed E-state index contributed by atoms with van der Waals surface area (Å²) < 4.78 is 0. The average Bonchev–Trinajstić information content (AvgIpc) is 2.04. The molecule has 1 aromatic heterocycles. The second-order valence-electron chi connectivity index (χ2n) is 3.53. The smallest absolute Gasteiger partial charge is 0.185 e. The fraction of sp³-hybridized carbons (Fsp3) is 0.500. The number of hydrogen-bond acceptors (Lipinski definition) is 1. The fourth-order valence-corrected chi connectivity index (χ4v) is 2.01. The number of pyridine rings is 1. The molecule has 0 saturated heterocycles. The van der Waals surface area contributed by atoms with Crippen LogP contribution >= 0.6 is 0 Å². The van der Waals surface area contributed by atoms with Gasteiger partial charge in [-0.3, -0.25) is 4.79 Å². The summed E-state index contributed by atoms with van der Waals surface area (Å²) in [6.45, 7) is 2.13. The van der Waals surface area contributed by atoms with Crippen molar-refractivity contribution in [2.45, 2.75) is 32.1 Å². The predicted molar refractivity (Wildman–Crippen MR) is 48.4 cm³/mol. The summed E-state index contributed by atoms with van der Waals surface area (Å²) in [6, 6.07) is 1.63. The molecule has 2 rings (SSSR count). The number of aryl methyl sites for hydroxylation is 1. The van der Waals surface area contributed by atoms with E-state index in [0.717, 1.165) is 24.1 Å². The van der Waals surface area contributed by atoms with Crippen LogP contribution in [0.1, 0.15) is 36.9 Å². The van der Waals surface area contributed by atoms with E-state index in [-0.39, 0.29) is 5.43 Å². The van der Waals surface area contributed by atoms with Gasteiger partial charge < -0.3 is 4.98 Å². The number of rotatable bonds is 0. The zero-order valence-corrected chi connectivity index (χ0v) is 7.26. The van der Waals surface area contributed by atoms with Crippen LogP contribution in [0.15, 0.2) is 17.1 Å². The third-order valence-corrected chi connectivity index (χ3v) is 2.64. The van der Waals surface area contributed by atoms with Crippen LogP contribution in [-0.4, -0.2) is 4.98 Å². The van der Waals surface area contributed by atoms with Gasteiger partial charge in [-0.25, -0.2) is 0 Å². The Morgan fingerprint density at radius 1 is 1.58 bits per heavy atom. The van der Waals surface area contributed by atoms with Gasteiger partial charge in [0, 0.05) is 23.5 Å². The summed E-state index contributed by atoms with van der Waals surface area (Å²) in [7, 11) is 0. The molecular weight excluding hydrogens is 150 g/mol. The van der Waals surface area contributed by atoms with E-state index in [0.29, 0.717) is 5.92 Å². The summed E-state index contributed by atoms with van der Waals surface area (Å²) in [5.74, 6) is 0.443. The van der Waals surface area contributed by atoms with Gasteiger partial charge in [0.1, 0.15) is 0 Å². The van der Waals surface area contributed by atoms with Crippen LogP contribution in [-0.2, 0) is 6.42 Å². The lowest BCUT2D eigenvalue weighted by atomic mass is 9.87. The molecule has 2 nitrogen and oxygen atoms in total. The minimum atomic E-state index is 0.205. The molecular formula is C10H13NO. The molecule has 1 aliphatic rings. The maximum atomic E-state index is 11.5. The van der Waals surface area contributed by atoms with E-state index in [1.165, 1.54) is 6.42 Å². The lowest BCUT2D eigenvalue weighted by Gasteiger charge is -2.20. The Bertz CT molecular complexity index is 340. The molecule has 0 fully saturated rings. The van der Waals surface area contributed by atoms with Crippen molar-refractivity contribution in [3.05, 3.63) is 33.7 Å². The molecule has 2 heteroatoms. The lowest BCUT2D eigenvalue weighted by molar-refractivity contribution is 0.575. The number of aromatic amines is 1. The van der Waals surface area contributed by atoms with Crippen LogP contribution in [0.3, 0.4) is 0 Å². The Hall–Kier alpha value is -1.05. The Morgan fingerprint density at radius 3 is 3.17 bits per heavy atom. The molecule has 0 aliphatic heterocycles. The number of hydrogen-bond donors (Lipinski definition) is 1. The molecule has 1 N–H and O–H groups in total. The van der Waals surface area contributed by atoms with Gasteiger partial charge in [0.05, 0.1) is 0 Å². The molecule has 0 aromatic carbocycles. The third kappa shape index (κ3) is 1.07. The van der Waals surface area contributed by atoms with E-state index < -0.39 is 0 Å². The highest BCUT2D eigenvalue weighted by atomic mass is 16.1. The lowest BCUT2D eigenvalue weighted by Crippen LogP contribution is -2.19. The molecule has 1 aliphatic carbocycles. The van der Waals surface area contributed by atoms with Gasteiger partial charge >= 0.3 is 0 Å². The van der Waals surface area contributed by atoms with Crippen LogP contribution in [0.5, 0.6) is 0 Å². The molecule has 12 heavy (non-hydrogen) atoms. The van der Waals surface area contributed by atoms with Crippen molar-refractivity contribution in [1.82, 2.24) is 4.98 Å². The van der Waals surface area contributed by atoms with Gasteiger partial charge in [-0.15, -0.1) is 0 Å². The van der Waals surface area contributed by atoms with Crippen molar-refractivity contribution < 1.29 is 0 Å². The largest absolute Gasteiger partial charge is 0.365 e. The summed E-state index contributed by atoms with van der Waals surface area (Å²) in [4.78, 5) is 14.6. The number of nitrogens with one attached hydrogen (secondary N) is 1. The SMILES string of the molecule is C[C@H]1CCCc2[nH]ccc(=O)c21. The molecule has 0 unspecified atom stereocenters. The number of H-pyrrole nitrogens is 1. The zero-order valence-electron chi connectivity index (χ0n) is 7.26. The molecule has 0 amide bonds. The second kappa shape index (κ2) is 2.77. The van der Waals surface area contributed by atoms with Crippen molar-refractivity contribution >= 4 is 0 Å². The van der Waals surface area contributed by atoms with Crippen molar-refractivity contribution in [3.63, 3.8) is 0 Å². The van der Waals surface area contributed by atoms with Crippen LogP contribution in [0, 0.1) is 0 Å². The van der Waals surface area contributed by atoms with Crippen LogP contribution < -0.4 is 5.43 Å². The summed E-state index contributed by atoms with van der Waals surface area (Å²) in [6.07, 6.45) is 5.14. The van der Waals surface area contributed by atoms with Crippen LogP contribution in [0.2, 0.25) is 0 Å². The molecule has 1 atom stereocenters. The Labute approximate surface area is 71.6 Å². The highest BCUT2D eigenvalue weighted by Gasteiger charge is 2.18. The summed E-state index contributed by atoms with van der Waals surface area (Å²) in [5, 5.41) is 0. The Morgan fingerprint density at radius 2 is 2.42 bits per heavy atom.